The molecular weight excluding hydrogens is 249 g/mol. The van der Waals surface area contributed by atoms with E-state index in [1.165, 1.54) is 36.4 Å². The Bertz CT molecular complexity index is 583. The number of phenolic OH excluding ortho intramolecular Hbond substituents is 1. The van der Waals surface area contributed by atoms with Gasteiger partial charge in [0.1, 0.15) is 11.6 Å². The van der Waals surface area contributed by atoms with Crippen LogP contribution in [-0.2, 0) is 4.79 Å². The Hall–Kier alpha value is -2.56. The van der Waals surface area contributed by atoms with Crippen LogP contribution >= 0.6 is 0 Å². The standard InChI is InChI=1S/C14H12FNO3/c15-10-4-6-11(7-5-10)16-13(14(18)19)9-2-1-3-12(17)8-9/h1-8,13,16-17H,(H,18,19). The van der Waals surface area contributed by atoms with E-state index in [4.69, 9.17) is 0 Å². The lowest BCUT2D eigenvalue weighted by molar-refractivity contribution is -0.138. The number of carboxylic acid groups (broad SMARTS) is 1. The highest BCUT2D eigenvalue weighted by molar-refractivity contribution is 5.79. The zero-order valence-electron chi connectivity index (χ0n) is 9.88. The van der Waals surface area contributed by atoms with Gasteiger partial charge in [0.2, 0.25) is 0 Å². The molecule has 3 N–H and O–H groups in total. The Kier molecular flexibility index (Phi) is 3.66. The summed E-state index contributed by atoms with van der Waals surface area (Å²) in [6.45, 7) is 0. The Morgan fingerprint density at radius 3 is 2.42 bits per heavy atom. The van der Waals surface area contributed by atoms with Gasteiger partial charge in [-0.2, -0.15) is 0 Å². The number of aromatic hydroxyl groups is 1. The Labute approximate surface area is 109 Å². The lowest BCUT2D eigenvalue weighted by atomic mass is 10.1. The fraction of sp³-hybridized carbons (Fsp3) is 0.0714. The summed E-state index contributed by atoms with van der Waals surface area (Å²) in [5, 5.41) is 21.4. The fourth-order valence-electron chi connectivity index (χ4n) is 1.70. The molecule has 0 aliphatic heterocycles. The number of aliphatic carboxylic acids is 1. The minimum absolute atomic E-state index is 0.00958. The highest BCUT2D eigenvalue weighted by Crippen LogP contribution is 2.23. The average molecular weight is 261 g/mol. The second-order valence-electron chi connectivity index (χ2n) is 4.02. The molecule has 1 atom stereocenters. The number of anilines is 1. The fourth-order valence-corrected chi connectivity index (χ4v) is 1.70. The maximum Gasteiger partial charge on any atom is 0.330 e. The summed E-state index contributed by atoms with van der Waals surface area (Å²) in [4.78, 5) is 11.3. The molecule has 19 heavy (non-hydrogen) atoms. The zero-order chi connectivity index (χ0) is 13.8. The first-order chi connectivity index (χ1) is 9.06. The molecule has 5 heteroatoms. The second kappa shape index (κ2) is 5.39. The van der Waals surface area contributed by atoms with Gasteiger partial charge in [0.15, 0.2) is 6.04 Å². The van der Waals surface area contributed by atoms with Crippen LogP contribution in [0.3, 0.4) is 0 Å². The van der Waals surface area contributed by atoms with Gasteiger partial charge in [-0.15, -0.1) is 0 Å². The predicted molar refractivity (Wildman–Crippen MR) is 68.5 cm³/mol. The van der Waals surface area contributed by atoms with E-state index >= 15 is 0 Å². The van der Waals surface area contributed by atoms with Crippen LogP contribution < -0.4 is 5.32 Å². The van der Waals surface area contributed by atoms with Crippen molar-refractivity contribution in [3.05, 3.63) is 59.9 Å². The number of hydrogen-bond acceptors (Lipinski definition) is 3. The summed E-state index contributed by atoms with van der Waals surface area (Å²) >= 11 is 0. The number of rotatable bonds is 4. The van der Waals surface area contributed by atoms with Gasteiger partial charge in [0.25, 0.3) is 0 Å². The summed E-state index contributed by atoms with van der Waals surface area (Å²) in [5.41, 5.74) is 0.897. The van der Waals surface area contributed by atoms with Gasteiger partial charge < -0.3 is 15.5 Å². The number of benzene rings is 2. The second-order valence-corrected chi connectivity index (χ2v) is 4.02. The average Bonchev–Trinajstić information content (AvgIpc) is 2.37. The zero-order valence-corrected chi connectivity index (χ0v) is 9.88. The van der Waals surface area contributed by atoms with E-state index in [0.29, 0.717) is 11.3 Å². The largest absolute Gasteiger partial charge is 0.508 e. The predicted octanol–water partition coefficient (Wildman–Crippen LogP) is 2.77. The van der Waals surface area contributed by atoms with Crippen molar-refractivity contribution in [1.82, 2.24) is 0 Å². The number of carbonyl (C=O) groups is 1. The van der Waals surface area contributed by atoms with Crippen LogP contribution in [0.5, 0.6) is 5.75 Å². The normalized spacial score (nSPS) is 11.8. The number of nitrogens with one attached hydrogen (secondary N) is 1. The van der Waals surface area contributed by atoms with Gasteiger partial charge in [0.05, 0.1) is 0 Å². The van der Waals surface area contributed by atoms with Gasteiger partial charge in [-0.3, -0.25) is 0 Å². The molecule has 2 aromatic rings. The maximum atomic E-state index is 12.8. The summed E-state index contributed by atoms with van der Waals surface area (Å²) in [6, 6.07) is 10.4. The Balaban J connectivity index is 2.26. The molecule has 0 heterocycles. The van der Waals surface area contributed by atoms with Crippen LogP contribution in [-0.4, -0.2) is 16.2 Å². The minimum Gasteiger partial charge on any atom is -0.508 e. The van der Waals surface area contributed by atoms with Crippen molar-refractivity contribution in [1.29, 1.82) is 0 Å². The van der Waals surface area contributed by atoms with Gasteiger partial charge in [0, 0.05) is 5.69 Å². The van der Waals surface area contributed by atoms with Crippen molar-refractivity contribution in [2.24, 2.45) is 0 Å². The van der Waals surface area contributed by atoms with E-state index in [2.05, 4.69) is 5.32 Å². The SMILES string of the molecule is O=C(O)C(Nc1ccc(F)cc1)c1cccc(O)c1. The first-order valence-corrected chi connectivity index (χ1v) is 5.60. The highest BCUT2D eigenvalue weighted by Gasteiger charge is 2.19. The maximum absolute atomic E-state index is 12.8. The van der Waals surface area contributed by atoms with E-state index in [-0.39, 0.29) is 5.75 Å². The summed E-state index contributed by atoms with van der Waals surface area (Å²) in [6.07, 6.45) is 0. The Morgan fingerprint density at radius 2 is 1.84 bits per heavy atom. The molecule has 2 rings (SSSR count). The summed E-state index contributed by atoms with van der Waals surface area (Å²) in [7, 11) is 0. The van der Waals surface area contributed by atoms with Gasteiger partial charge in [-0.25, -0.2) is 9.18 Å². The van der Waals surface area contributed by atoms with Crippen LogP contribution in [0.1, 0.15) is 11.6 Å². The van der Waals surface area contributed by atoms with Crippen molar-refractivity contribution in [3.8, 4) is 5.75 Å². The molecule has 0 aliphatic rings. The lowest BCUT2D eigenvalue weighted by Crippen LogP contribution is -2.20. The third-order valence-corrected chi connectivity index (χ3v) is 2.61. The van der Waals surface area contributed by atoms with E-state index < -0.39 is 17.8 Å². The molecule has 0 aliphatic carbocycles. The van der Waals surface area contributed by atoms with Crippen LogP contribution in [0.15, 0.2) is 48.5 Å². The number of carboxylic acids is 1. The molecular formula is C14H12FNO3. The van der Waals surface area contributed by atoms with Crippen LogP contribution in [0, 0.1) is 5.82 Å². The van der Waals surface area contributed by atoms with Gasteiger partial charge >= 0.3 is 5.97 Å². The molecule has 98 valence electrons. The third-order valence-electron chi connectivity index (χ3n) is 2.61. The van der Waals surface area contributed by atoms with Crippen LogP contribution in [0.4, 0.5) is 10.1 Å². The van der Waals surface area contributed by atoms with Crippen molar-refractivity contribution in [2.75, 3.05) is 5.32 Å². The van der Waals surface area contributed by atoms with Crippen molar-refractivity contribution in [3.63, 3.8) is 0 Å². The monoisotopic (exact) mass is 261 g/mol. The molecule has 4 nitrogen and oxygen atoms in total. The van der Waals surface area contributed by atoms with Crippen molar-refractivity contribution >= 4 is 11.7 Å². The molecule has 1 unspecified atom stereocenters. The highest BCUT2D eigenvalue weighted by atomic mass is 19.1. The first kappa shape index (κ1) is 12.9. The first-order valence-electron chi connectivity index (χ1n) is 5.60. The van der Waals surface area contributed by atoms with Crippen molar-refractivity contribution in [2.45, 2.75) is 6.04 Å². The third kappa shape index (κ3) is 3.22. The molecule has 0 radical (unpaired) electrons. The number of phenols is 1. The molecule has 2 aromatic carbocycles. The molecule has 0 aromatic heterocycles. The molecule has 0 fully saturated rings. The number of halogens is 1. The van der Waals surface area contributed by atoms with Crippen molar-refractivity contribution < 1.29 is 19.4 Å². The summed E-state index contributed by atoms with van der Waals surface area (Å²) in [5.74, 6) is -1.49. The van der Waals surface area contributed by atoms with E-state index in [9.17, 15) is 19.4 Å². The topological polar surface area (TPSA) is 69.6 Å². The molecule has 0 saturated carbocycles. The molecule has 0 spiro atoms. The quantitative estimate of drug-likeness (QED) is 0.791. The molecule has 0 bridgehead atoms. The molecule has 0 amide bonds. The minimum atomic E-state index is -1.09. The number of hydrogen-bond donors (Lipinski definition) is 3. The summed E-state index contributed by atoms with van der Waals surface area (Å²) < 4.78 is 12.8. The van der Waals surface area contributed by atoms with E-state index in [1.807, 2.05) is 0 Å². The lowest BCUT2D eigenvalue weighted by Gasteiger charge is -2.16. The smallest absolute Gasteiger partial charge is 0.330 e. The van der Waals surface area contributed by atoms with Crippen LogP contribution in [0.25, 0.3) is 0 Å². The molecule has 0 saturated heterocycles. The Morgan fingerprint density at radius 1 is 1.16 bits per heavy atom. The van der Waals surface area contributed by atoms with Gasteiger partial charge in [-0.1, -0.05) is 12.1 Å². The van der Waals surface area contributed by atoms with Gasteiger partial charge in [-0.05, 0) is 42.0 Å². The van der Waals surface area contributed by atoms with E-state index in [1.54, 1.807) is 12.1 Å². The van der Waals surface area contributed by atoms with Crippen LogP contribution in [0.2, 0.25) is 0 Å². The van der Waals surface area contributed by atoms with E-state index in [0.717, 1.165) is 0 Å².